The molecule has 3 aromatic heterocycles. The Hall–Kier alpha value is -3.10. The minimum atomic E-state index is -0.185. The van der Waals surface area contributed by atoms with Gasteiger partial charge in [0.2, 0.25) is 0 Å². The van der Waals surface area contributed by atoms with Crippen LogP contribution in [0.25, 0.3) is 27.4 Å². The average Bonchev–Trinajstić information content (AvgIpc) is 3.55. The van der Waals surface area contributed by atoms with Crippen molar-refractivity contribution in [3.05, 3.63) is 57.2 Å². The predicted octanol–water partition coefficient (Wildman–Crippen LogP) is 6.31. The number of nitrogens with one attached hydrogen (secondary N) is 1. The summed E-state index contributed by atoms with van der Waals surface area (Å²) >= 11 is 3.28. The number of nitrogens with zero attached hydrogens (tertiary/aromatic N) is 2. The monoisotopic (exact) mass is 493 g/mol. The minimum absolute atomic E-state index is 0.0290. The summed E-state index contributed by atoms with van der Waals surface area (Å²) in [6.07, 6.45) is 0. The summed E-state index contributed by atoms with van der Waals surface area (Å²) in [6, 6.07) is 8.16. The molecule has 4 aromatic rings. The second-order valence-corrected chi connectivity index (χ2v) is 11.3. The summed E-state index contributed by atoms with van der Waals surface area (Å²) in [5, 5.41) is 14.0. The van der Waals surface area contributed by atoms with Crippen LogP contribution in [0.3, 0.4) is 0 Å². The van der Waals surface area contributed by atoms with Gasteiger partial charge in [0, 0.05) is 39.6 Å². The molecule has 0 saturated carbocycles. The molecule has 1 N–H and O–H groups in total. The van der Waals surface area contributed by atoms with Gasteiger partial charge in [-0.15, -0.1) is 11.3 Å². The number of aromatic nitrogens is 2. The molecule has 0 atom stereocenters. The largest absolute Gasteiger partial charge is 0.496 e. The number of benzene rings is 1. The molecule has 0 unspecified atom stereocenters. The number of carbonyl (C=O) groups is 1. The fourth-order valence-corrected chi connectivity index (χ4v) is 5.61. The normalized spacial score (nSPS) is 12.6. The third-order valence-corrected chi connectivity index (χ3v) is 7.48. The van der Waals surface area contributed by atoms with E-state index < -0.39 is 0 Å². The van der Waals surface area contributed by atoms with Gasteiger partial charge in [-0.2, -0.15) is 16.4 Å². The summed E-state index contributed by atoms with van der Waals surface area (Å²) in [5.41, 5.74) is 6.07. The molecule has 4 heterocycles. The minimum Gasteiger partial charge on any atom is -0.496 e. The third kappa shape index (κ3) is 4.01. The maximum absolute atomic E-state index is 13.2. The van der Waals surface area contributed by atoms with Crippen LogP contribution in [-0.2, 0) is 6.61 Å². The number of fused-ring (bicyclic) bond motifs is 3. The van der Waals surface area contributed by atoms with E-state index in [9.17, 15) is 4.79 Å². The lowest BCUT2D eigenvalue weighted by Gasteiger charge is -2.22. The van der Waals surface area contributed by atoms with Gasteiger partial charge in [0.15, 0.2) is 5.69 Å². The van der Waals surface area contributed by atoms with Crippen LogP contribution >= 0.6 is 22.7 Å². The number of hydrogen-bond acceptors (Lipinski definition) is 6. The molecule has 0 aliphatic carbocycles. The van der Waals surface area contributed by atoms with E-state index in [1.165, 1.54) is 5.56 Å². The lowest BCUT2D eigenvalue weighted by Crippen LogP contribution is -2.33. The molecule has 1 aliphatic rings. The topological polar surface area (TPSA) is 65.4 Å². The summed E-state index contributed by atoms with van der Waals surface area (Å²) < 4.78 is 13.8. The molecule has 1 amide bonds. The molecule has 1 aromatic carbocycles. The lowest BCUT2D eigenvalue weighted by molar-refractivity contribution is 0.0931. The quantitative estimate of drug-likeness (QED) is 0.354. The third-order valence-electron chi connectivity index (χ3n) is 5.76. The number of aryl methyl sites for hydroxylation is 1. The van der Waals surface area contributed by atoms with Crippen molar-refractivity contribution in [2.75, 3.05) is 13.7 Å². The van der Waals surface area contributed by atoms with Crippen molar-refractivity contribution >= 4 is 28.6 Å². The lowest BCUT2D eigenvalue weighted by atomic mass is 9.96. The SMILES string of the molecule is COc1cc2c(cc1-c1sccc1C)-c1c(c(C(=O)NCC(C)(C)C)nn1-c1ccsc1)CO2. The van der Waals surface area contributed by atoms with Crippen molar-refractivity contribution in [3.8, 4) is 38.9 Å². The first-order valence-electron chi connectivity index (χ1n) is 11.1. The molecule has 34 heavy (non-hydrogen) atoms. The van der Waals surface area contributed by atoms with Crippen LogP contribution in [0.2, 0.25) is 0 Å². The standard InChI is InChI=1S/C26H27N3O3S2/c1-15-6-9-34-24(15)18-10-17-21(11-20(18)31-5)32-12-19-22(25(30)27-14-26(2,3)4)28-29(23(17)19)16-7-8-33-13-16/h6-11,13H,12,14H2,1-5H3,(H,27,30). The summed E-state index contributed by atoms with van der Waals surface area (Å²) in [7, 11) is 1.68. The highest BCUT2D eigenvalue weighted by Crippen LogP contribution is 2.47. The van der Waals surface area contributed by atoms with Crippen LogP contribution in [0, 0.1) is 12.3 Å². The van der Waals surface area contributed by atoms with Crippen molar-refractivity contribution < 1.29 is 14.3 Å². The first kappa shape index (κ1) is 22.7. The molecular weight excluding hydrogens is 466 g/mol. The molecule has 176 valence electrons. The highest BCUT2D eigenvalue weighted by atomic mass is 32.1. The second-order valence-electron chi connectivity index (χ2n) is 9.58. The van der Waals surface area contributed by atoms with Gasteiger partial charge in [-0.1, -0.05) is 20.8 Å². The van der Waals surface area contributed by atoms with Crippen LogP contribution in [0.5, 0.6) is 11.5 Å². The van der Waals surface area contributed by atoms with Crippen LogP contribution in [0.4, 0.5) is 0 Å². The first-order chi connectivity index (χ1) is 16.3. The van der Waals surface area contributed by atoms with Crippen LogP contribution in [-0.4, -0.2) is 29.3 Å². The predicted molar refractivity (Wildman–Crippen MR) is 138 cm³/mol. The first-order valence-corrected chi connectivity index (χ1v) is 12.9. The summed E-state index contributed by atoms with van der Waals surface area (Å²) in [6.45, 7) is 9.20. The smallest absolute Gasteiger partial charge is 0.272 e. The Bertz CT molecular complexity index is 1360. The van der Waals surface area contributed by atoms with Gasteiger partial charge in [0.1, 0.15) is 18.1 Å². The number of hydrogen-bond donors (Lipinski definition) is 1. The van der Waals surface area contributed by atoms with Crippen molar-refractivity contribution in [2.45, 2.75) is 34.3 Å². The molecular formula is C26H27N3O3S2. The van der Waals surface area contributed by atoms with Gasteiger partial charge < -0.3 is 14.8 Å². The maximum atomic E-state index is 13.2. The van der Waals surface area contributed by atoms with Gasteiger partial charge in [-0.05, 0) is 46.9 Å². The number of amides is 1. The zero-order valence-electron chi connectivity index (χ0n) is 19.9. The van der Waals surface area contributed by atoms with Crippen molar-refractivity contribution in [3.63, 3.8) is 0 Å². The fraction of sp³-hybridized carbons (Fsp3) is 0.308. The number of methoxy groups -OCH3 is 1. The van der Waals surface area contributed by atoms with E-state index in [1.54, 1.807) is 29.8 Å². The van der Waals surface area contributed by atoms with Gasteiger partial charge in [0.05, 0.1) is 18.5 Å². The van der Waals surface area contributed by atoms with E-state index in [2.05, 4.69) is 50.5 Å². The molecule has 6 nitrogen and oxygen atoms in total. The Balaban J connectivity index is 1.69. The molecule has 0 spiro atoms. The molecule has 0 bridgehead atoms. The van der Waals surface area contributed by atoms with E-state index in [-0.39, 0.29) is 17.9 Å². The van der Waals surface area contributed by atoms with E-state index >= 15 is 0 Å². The van der Waals surface area contributed by atoms with E-state index in [0.717, 1.165) is 44.4 Å². The Kier molecular flexibility index (Phi) is 5.73. The summed E-state index contributed by atoms with van der Waals surface area (Å²) in [5.74, 6) is 1.30. The zero-order chi connectivity index (χ0) is 24.0. The Morgan fingerprint density at radius 2 is 2.06 bits per heavy atom. The van der Waals surface area contributed by atoms with Crippen molar-refractivity contribution in [1.82, 2.24) is 15.1 Å². The molecule has 8 heteroatoms. The van der Waals surface area contributed by atoms with Gasteiger partial charge in [-0.25, -0.2) is 4.68 Å². The molecule has 5 rings (SSSR count). The second kappa shape index (κ2) is 8.60. The zero-order valence-corrected chi connectivity index (χ0v) is 21.5. The van der Waals surface area contributed by atoms with Gasteiger partial charge in [-0.3, -0.25) is 4.79 Å². The summed E-state index contributed by atoms with van der Waals surface area (Å²) in [4.78, 5) is 14.3. The van der Waals surface area contributed by atoms with Gasteiger partial charge >= 0.3 is 0 Å². The Morgan fingerprint density at radius 1 is 1.24 bits per heavy atom. The van der Waals surface area contributed by atoms with Crippen molar-refractivity contribution in [1.29, 1.82) is 0 Å². The molecule has 0 saturated heterocycles. The van der Waals surface area contributed by atoms with E-state index in [1.807, 2.05) is 27.6 Å². The highest BCUT2D eigenvalue weighted by molar-refractivity contribution is 7.13. The van der Waals surface area contributed by atoms with Crippen LogP contribution in [0.15, 0.2) is 40.4 Å². The Morgan fingerprint density at radius 3 is 2.71 bits per heavy atom. The number of carbonyl (C=O) groups excluding carboxylic acids is 1. The van der Waals surface area contributed by atoms with Gasteiger partial charge in [0.25, 0.3) is 5.91 Å². The maximum Gasteiger partial charge on any atom is 0.272 e. The number of ether oxygens (including phenoxy) is 2. The average molecular weight is 494 g/mol. The number of rotatable bonds is 5. The molecule has 1 aliphatic heterocycles. The fourth-order valence-electron chi connectivity index (χ4n) is 4.05. The van der Waals surface area contributed by atoms with Crippen LogP contribution < -0.4 is 14.8 Å². The van der Waals surface area contributed by atoms with E-state index in [4.69, 9.17) is 14.6 Å². The Labute approximate surface area is 207 Å². The number of thiophene rings is 2. The van der Waals surface area contributed by atoms with E-state index in [0.29, 0.717) is 12.2 Å². The van der Waals surface area contributed by atoms with Crippen molar-refractivity contribution in [2.24, 2.45) is 5.41 Å². The molecule has 0 fully saturated rings. The molecule has 0 radical (unpaired) electrons. The van der Waals surface area contributed by atoms with Crippen LogP contribution in [0.1, 0.15) is 42.4 Å². The highest BCUT2D eigenvalue weighted by Gasteiger charge is 2.32.